The summed E-state index contributed by atoms with van der Waals surface area (Å²) < 4.78 is 0. The Kier molecular flexibility index (Phi) is 5.77. The van der Waals surface area contributed by atoms with E-state index in [4.69, 9.17) is 12.2 Å². The fourth-order valence-electron chi connectivity index (χ4n) is 2.71. The Balaban J connectivity index is 2.40. The SMILES string of the molecule is CCC1=C(Sc2ccccc2)C(CC(C)C)C(=S)CC1=O. The number of thiocarbonyl (C=S) groups is 1. The van der Waals surface area contributed by atoms with E-state index >= 15 is 0 Å². The standard InChI is InChI=1S/C18H22OS2/c1-4-14-16(19)11-17(20)15(10-12(2)3)18(14)21-13-8-6-5-7-9-13/h5-9,12,15H,4,10-11H2,1-3H3. The molecule has 0 spiro atoms. The lowest BCUT2D eigenvalue weighted by molar-refractivity contribution is -0.114. The normalized spacial score (nSPS) is 19.5. The first-order chi connectivity index (χ1) is 10.0. The lowest BCUT2D eigenvalue weighted by Gasteiger charge is -2.29. The van der Waals surface area contributed by atoms with Crippen molar-refractivity contribution in [3.05, 3.63) is 40.8 Å². The molecular formula is C18H22OS2. The predicted molar refractivity (Wildman–Crippen MR) is 94.8 cm³/mol. The topological polar surface area (TPSA) is 17.1 Å². The molecule has 1 aromatic rings. The first kappa shape index (κ1) is 16.4. The Morgan fingerprint density at radius 1 is 1.29 bits per heavy atom. The molecule has 1 aliphatic carbocycles. The molecule has 1 aliphatic rings. The van der Waals surface area contributed by atoms with Gasteiger partial charge in [0.25, 0.3) is 0 Å². The number of thioether (sulfide) groups is 1. The fourth-order valence-corrected chi connectivity index (χ4v) is 4.44. The lowest BCUT2D eigenvalue weighted by Crippen LogP contribution is -2.27. The van der Waals surface area contributed by atoms with Gasteiger partial charge in [0.1, 0.15) is 0 Å². The van der Waals surface area contributed by atoms with Crippen LogP contribution in [0.1, 0.15) is 40.0 Å². The number of carbonyl (C=O) groups excluding carboxylic acids is 1. The largest absolute Gasteiger partial charge is 0.294 e. The van der Waals surface area contributed by atoms with Gasteiger partial charge in [-0.1, -0.05) is 63.0 Å². The second-order valence-corrected chi connectivity index (χ2v) is 7.50. The third-order valence-electron chi connectivity index (χ3n) is 3.71. The van der Waals surface area contributed by atoms with E-state index in [-0.39, 0.29) is 11.7 Å². The van der Waals surface area contributed by atoms with Crippen LogP contribution in [0.3, 0.4) is 0 Å². The molecule has 3 heteroatoms. The van der Waals surface area contributed by atoms with Crippen LogP contribution in [0, 0.1) is 11.8 Å². The second kappa shape index (κ2) is 7.37. The molecule has 0 amide bonds. The van der Waals surface area contributed by atoms with E-state index in [2.05, 4.69) is 32.9 Å². The van der Waals surface area contributed by atoms with Crippen LogP contribution >= 0.6 is 24.0 Å². The molecule has 0 fully saturated rings. The molecule has 0 saturated carbocycles. The van der Waals surface area contributed by atoms with Gasteiger partial charge in [-0.3, -0.25) is 4.79 Å². The number of allylic oxidation sites excluding steroid dienone is 2. The Bertz CT molecular complexity index is 558. The number of rotatable bonds is 5. The Morgan fingerprint density at radius 2 is 1.95 bits per heavy atom. The number of hydrogen-bond acceptors (Lipinski definition) is 3. The summed E-state index contributed by atoms with van der Waals surface area (Å²) in [5.74, 6) is 1.06. The van der Waals surface area contributed by atoms with Crippen LogP contribution in [0.2, 0.25) is 0 Å². The third-order valence-corrected chi connectivity index (χ3v) is 5.39. The van der Waals surface area contributed by atoms with Crippen LogP contribution in [0.15, 0.2) is 45.7 Å². The number of Topliss-reactive ketones (excluding diaryl/α,β-unsaturated/α-hetero) is 1. The highest BCUT2D eigenvalue weighted by atomic mass is 32.2. The van der Waals surface area contributed by atoms with Crippen molar-refractivity contribution in [1.29, 1.82) is 0 Å². The van der Waals surface area contributed by atoms with Gasteiger partial charge in [-0.05, 0) is 30.9 Å². The first-order valence-electron chi connectivity index (χ1n) is 7.54. The minimum atomic E-state index is 0.223. The van der Waals surface area contributed by atoms with Crippen LogP contribution < -0.4 is 0 Å². The van der Waals surface area contributed by atoms with Gasteiger partial charge in [-0.2, -0.15) is 0 Å². The van der Waals surface area contributed by atoms with Gasteiger partial charge >= 0.3 is 0 Å². The average Bonchev–Trinajstić information content (AvgIpc) is 2.44. The predicted octanol–water partition coefficient (Wildman–Crippen LogP) is 5.45. The molecular weight excluding hydrogens is 296 g/mol. The second-order valence-electron chi connectivity index (χ2n) is 5.86. The van der Waals surface area contributed by atoms with Gasteiger partial charge in [0, 0.05) is 32.6 Å². The van der Waals surface area contributed by atoms with Crippen molar-refractivity contribution in [2.45, 2.75) is 44.9 Å². The van der Waals surface area contributed by atoms with E-state index in [1.54, 1.807) is 11.8 Å². The van der Waals surface area contributed by atoms with Crippen LogP contribution in [0.5, 0.6) is 0 Å². The van der Waals surface area contributed by atoms with Crippen molar-refractivity contribution in [1.82, 2.24) is 0 Å². The van der Waals surface area contributed by atoms with E-state index < -0.39 is 0 Å². The molecule has 1 nitrogen and oxygen atoms in total. The Morgan fingerprint density at radius 3 is 2.52 bits per heavy atom. The highest BCUT2D eigenvalue weighted by Gasteiger charge is 2.32. The fraction of sp³-hybridized carbons (Fsp3) is 0.444. The van der Waals surface area contributed by atoms with E-state index in [0.717, 1.165) is 23.3 Å². The summed E-state index contributed by atoms with van der Waals surface area (Å²) in [7, 11) is 0. The van der Waals surface area contributed by atoms with Crippen LogP contribution in [0.25, 0.3) is 0 Å². The number of benzene rings is 1. The van der Waals surface area contributed by atoms with Crippen molar-refractivity contribution in [3.8, 4) is 0 Å². The van der Waals surface area contributed by atoms with Gasteiger partial charge in [-0.15, -0.1) is 0 Å². The van der Waals surface area contributed by atoms with Crippen molar-refractivity contribution in [2.24, 2.45) is 11.8 Å². The first-order valence-corrected chi connectivity index (χ1v) is 8.77. The molecule has 0 aliphatic heterocycles. The van der Waals surface area contributed by atoms with E-state index in [1.165, 1.54) is 9.80 Å². The molecule has 112 valence electrons. The van der Waals surface area contributed by atoms with Crippen molar-refractivity contribution in [2.75, 3.05) is 0 Å². The average molecular weight is 319 g/mol. The highest BCUT2D eigenvalue weighted by Crippen LogP contribution is 2.42. The monoisotopic (exact) mass is 318 g/mol. The van der Waals surface area contributed by atoms with Crippen molar-refractivity contribution < 1.29 is 4.79 Å². The van der Waals surface area contributed by atoms with E-state index in [9.17, 15) is 4.79 Å². The maximum absolute atomic E-state index is 12.3. The zero-order chi connectivity index (χ0) is 15.4. The third kappa shape index (κ3) is 4.04. The summed E-state index contributed by atoms with van der Waals surface area (Å²) in [6.07, 6.45) is 2.28. The summed E-state index contributed by atoms with van der Waals surface area (Å²) in [5, 5.41) is 0. The number of carbonyl (C=O) groups is 1. The molecule has 0 N–H and O–H groups in total. The molecule has 0 aromatic heterocycles. The number of ketones is 1. The molecule has 0 heterocycles. The van der Waals surface area contributed by atoms with E-state index in [0.29, 0.717) is 12.3 Å². The molecule has 0 radical (unpaired) electrons. The van der Waals surface area contributed by atoms with Crippen LogP contribution in [-0.4, -0.2) is 10.6 Å². The maximum atomic E-state index is 12.3. The zero-order valence-electron chi connectivity index (χ0n) is 12.9. The summed E-state index contributed by atoms with van der Waals surface area (Å²) in [4.78, 5) is 15.6. The highest BCUT2D eigenvalue weighted by molar-refractivity contribution is 8.03. The smallest absolute Gasteiger partial charge is 0.164 e. The minimum Gasteiger partial charge on any atom is -0.294 e. The van der Waals surface area contributed by atoms with Crippen LogP contribution in [-0.2, 0) is 4.79 Å². The van der Waals surface area contributed by atoms with Gasteiger partial charge in [0.2, 0.25) is 0 Å². The quantitative estimate of drug-likeness (QED) is 0.672. The Labute approximate surface area is 137 Å². The molecule has 0 bridgehead atoms. The Hall–Kier alpha value is -0.930. The molecule has 0 saturated heterocycles. The lowest BCUT2D eigenvalue weighted by atomic mass is 9.83. The van der Waals surface area contributed by atoms with Crippen molar-refractivity contribution in [3.63, 3.8) is 0 Å². The summed E-state index contributed by atoms with van der Waals surface area (Å²) in [6, 6.07) is 10.3. The molecule has 1 atom stereocenters. The number of hydrogen-bond donors (Lipinski definition) is 0. The maximum Gasteiger partial charge on any atom is 0.164 e. The van der Waals surface area contributed by atoms with Gasteiger partial charge in [-0.25, -0.2) is 0 Å². The molecule has 1 unspecified atom stereocenters. The van der Waals surface area contributed by atoms with E-state index in [1.807, 2.05) is 18.2 Å². The molecule has 2 rings (SSSR count). The van der Waals surface area contributed by atoms with Gasteiger partial charge < -0.3 is 0 Å². The molecule has 1 aromatic carbocycles. The van der Waals surface area contributed by atoms with Crippen molar-refractivity contribution >= 4 is 34.6 Å². The zero-order valence-corrected chi connectivity index (χ0v) is 14.5. The molecule has 21 heavy (non-hydrogen) atoms. The summed E-state index contributed by atoms with van der Waals surface area (Å²) in [6.45, 7) is 6.50. The van der Waals surface area contributed by atoms with Gasteiger partial charge in [0.05, 0.1) is 0 Å². The summed E-state index contributed by atoms with van der Waals surface area (Å²) >= 11 is 7.27. The van der Waals surface area contributed by atoms with Crippen LogP contribution in [0.4, 0.5) is 0 Å². The summed E-state index contributed by atoms with van der Waals surface area (Å²) in [5.41, 5.74) is 0.989. The van der Waals surface area contributed by atoms with Gasteiger partial charge in [0.15, 0.2) is 5.78 Å². The minimum absolute atomic E-state index is 0.223.